The van der Waals surface area contributed by atoms with Crippen LogP contribution in [0.2, 0.25) is 0 Å². The van der Waals surface area contributed by atoms with Gasteiger partial charge >= 0.3 is 6.03 Å². The lowest BCUT2D eigenvalue weighted by molar-refractivity contribution is -0.134. The Morgan fingerprint density at radius 3 is 2.47 bits per heavy atom. The van der Waals surface area contributed by atoms with Crippen LogP contribution in [-0.4, -0.2) is 81.3 Å². The number of benzene rings is 3. The normalized spacial score (nSPS) is 17.8. The summed E-state index contributed by atoms with van der Waals surface area (Å²) in [6, 6.07) is 19.1. The summed E-state index contributed by atoms with van der Waals surface area (Å²) in [5.74, 6) is 0.488. The van der Waals surface area contributed by atoms with Crippen molar-refractivity contribution in [3.05, 3.63) is 78.4 Å². The molecular weight excluding hydrogens is 572 g/mol. The summed E-state index contributed by atoms with van der Waals surface area (Å²) in [4.78, 5) is 29.6. The molecule has 1 heterocycles. The Balaban J connectivity index is 1.61. The van der Waals surface area contributed by atoms with Crippen LogP contribution in [0.1, 0.15) is 19.4 Å². The van der Waals surface area contributed by atoms with Crippen molar-refractivity contribution in [3.63, 3.8) is 0 Å². The second kappa shape index (κ2) is 13.8. The number of para-hydroxylation sites is 1. The first-order valence-corrected chi connectivity index (χ1v) is 15.4. The van der Waals surface area contributed by atoms with Gasteiger partial charge in [0.25, 0.3) is 10.0 Å². The number of aliphatic hydroxyl groups is 1. The van der Waals surface area contributed by atoms with E-state index in [0.29, 0.717) is 29.3 Å². The van der Waals surface area contributed by atoms with E-state index in [1.54, 1.807) is 61.3 Å². The van der Waals surface area contributed by atoms with E-state index in [2.05, 4.69) is 10.0 Å². The van der Waals surface area contributed by atoms with Crippen LogP contribution in [0.4, 0.5) is 16.2 Å². The van der Waals surface area contributed by atoms with E-state index in [9.17, 15) is 23.1 Å². The molecule has 0 radical (unpaired) electrons. The summed E-state index contributed by atoms with van der Waals surface area (Å²) < 4.78 is 40.3. The number of nitrogens with zero attached hydrogens (tertiary/aromatic N) is 2. The van der Waals surface area contributed by atoms with E-state index >= 15 is 0 Å². The number of methoxy groups -OCH3 is 1. The second-order valence-corrected chi connectivity index (χ2v) is 12.4. The van der Waals surface area contributed by atoms with Gasteiger partial charge in [-0.15, -0.1) is 0 Å². The number of carbonyl (C=O) groups is 2. The Labute approximate surface area is 252 Å². The number of likely N-dealkylation sites (N-methyl/N-ethyl adjacent to an activating group) is 1. The Bertz CT molecular complexity index is 1520. The molecule has 1 aliphatic rings. The molecule has 0 aliphatic carbocycles. The van der Waals surface area contributed by atoms with Crippen LogP contribution in [0.3, 0.4) is 0 Å². The zero-order chi connectivity index (χ0) is 31.1. The number of rotatable bonds is 9. The molecule has 1 aliphatic heterocycles. The minimum Gasteiger partial charge on any atom is -0.497 e. The zero-order valence-corrected chi connectivity index (χ0v) is 25.5. The predicted molar refractivity (Wildman–Crippen MR) is 164 cm³/mol. The van der Waals surface area contributed by atoms with Gasteiger partial charge in [0, 0.05) is 36.4 Å². The first-order valence-electron chi connectivity index (χ1n) is 13.9. The van der Waals surface area contributed by atoms with Crippen molar-refractivity contribution in [3.8, 4) is 11.5 Å². The minimum atomic E-state index is -3.93. The van der Waals surface area contributed by atoms with Crippen molar-refractivity contribution in [2.75, 3.05) is 43.9 Å². The van der Waals surface area contributed by atoms with Crippen LogP contribution >= 0.6 is 0 Å². The van der Waals surface area contributed by atoms with Gasteiger partial charge in [-0.25, -0.2) is 13.2 Å². The predicted octanol–water partition coefficient (Wildman–Crippen LogP) is 3.81. The number of urea groups is 1. The van der Waals surface area contributed by atoms with E-state index in [-0.39, 0.29) is 48.0 Å². The van der Waals surface area contributed by atoms with Crippen molar-refractivity contribution >= 4 is 33.3 Å². The van der Waals surface area contributed by atoms with Gasteiger partial charge in [-0.05, 0) is 61.5 Å². The average molecular weight is 611 g/mol. The molecule has 0 saturated heterocycles. The van der Waals surface area contributed by atoms with E-state index in [0.717, 1.165) is 0 Å². The lowest BCUT2D eigenvalue weighted by Gasteiger charge is -2.34. The van der Waals surface area contributed by atoms with E-state index in [1.807, 2.05) is 25.1 Å². The van der Waals surface area contributed by atoms with Crippen LogP contribution < -0.4 is 19.5 Å². The third-order valence-electron chi connectivity index (χ3n) is 7.36. The van der Waals surface area contributed by atoms with Gasteiger partial charge in [-0.3, -0.25) is 9.52 Å². The van der Waals surface area contributed by atoms with Gasteiger partial charge < -0.3 is 29.7 Å². The van der Waals surface area contributed by atoms with Crippen LogP contribution in [0.15, 0.2) is 77.7 Å². The maximum absolute atomic E-state index is 13.5. The number of hydrogen-bond donors (Lipinski definition) is 3. The number of carbonyl (C=O) groups excluding carboxylic acids is 2. The highest BCUT2D eigenvalue weighted by Crippen LogP contribution is 2.30. The van der Waals surface area contributed by atoms with E-state index in [4.69, 9.17) is 9.47 Å². The summed E-state index contributed by atoms with van der Waals surface area (Å²) in [6.07, 6.45) is -0.590. The molecule has 3 N–H and O–H groups in total. The molecule has 3 aromatic rings. The van der Waals surface area contributed by atoms with Gasteiger partial charge in [-0.2, -0.15) is 0 Å². The highest BCUT2D eigenvalue weighted by Gasteiger charge is 2.32. The molecule has 4 rings (SSSR count). The van der Waals surface area contributed by atoms with E-state index < -0.39 is 22.2 Å². The van der Waals surface area contributed by atoms with Gasteiger partial charge in [-0.1, -0.05) is 25.1 Å². The molecule has 0 saturated carbocycles. The molecule has 3 atom stereocenters. The number of anilines is 2. The first-order chi connectivity index (χ1) is 20.5. The molecule has 43 heavy (non-hydrogen) atoms. The number of aliphatic hydroxyl groups excluding tert-OH is 1. The number of ether oxygens (including phenoxy) is 2. The highest BCUT2D eigenvalue weighted by atomic mass is 32.2. The molecule has 3 amide bonds. The molecule has 11 nitrogen and oxygen atoms in total. The Morgan fingerprint density at radius 2 is 1.81 bits per heavy atom. The Kier molecular flexibility index (Phi) is 10.1. The molecule has 0 unspecified atom stereocenters. The van der Waals surface area contributed by atoms with Crippen molar-refractivity contribution in [2.45, 2.75) is 37.3 Å². The van der Waals surface area contributed by atoms with Crippen LogP contribution in [0.5, 0.6) is 11.5 Å². The molecule has 12 heteroatoms. The smallest absolute Gasteiger partial charge is 0.321 e. The molecule has 0 fully saturated rings. The van der Waals surface area contributed by atoms with Gasteiger partial charge in [0.15, 0.2) is 0 Å². The first kappa shape index (κ1) is 31.6. The topological polar surface area (TPSA) is 138 Å². The summed E-state index contributed by atoms with van der Waals surface area (Å²) in [6.45, 7) is 3.97. The fourth-order valence-corrected chi connectivity index (χ4v) is 5.82. The van der Waals surface area contributed by atoms with Crippen molar-refractivity contribution in [2.24, 2.45) is 5.92 Å². The maximum Gasteiger partial charge on any atom is 0.321 e. The summed E-state index contributed by atoms with van der Waals surface area (Å²) in [5.41, 5.74) is 1.40. The molecular formula is C31H38N4O7S. The quantitative estimate of drug-likeness (QED) is 0.335. The summed E-state index contributed by atoms with van der Waals surface area (Å²) in [7, 11) is -0.765. The lowest BCUT2D eigenvalue weighted by atomic mass is 10.0. The van der Waals surface area contributed by atoms with Crippen LogP contribution in [0.25, 0.3) is 0 Å². The van der Waals surface area contributed by atoms with Gasteiger partial charge in [0.05, 0.1) is 37.6 Å². The number of sulfonamides is 1. The summed E-state index contributed by atoms with van der Waals surface area (Å²) >= 11 is 0. The monoisotopic (exact) mass is 610 g/mol. The standard InChI is InChI=1S/C31H38N4O7S/c1-21-18-35(22(2)20-36)30(37)17-23-16-25(33-43(39,40)27-13-11-26(41-4)12-14-27)10-15-28(23)42-29(21)19-34(3)31(38)32-24-8-6-5-7-9-24/h5-16,21-22,29,33,36H,17-20H2,1-4H3,(H,32,38)/t21-,22+,29-/m0/s1. The maximum atomic E-state index is 13.5. The van der Waals surface area contributed by atoms with Crippen LogP contribution in [-0.2, 0) is 21.2 Å². The Hall–Kier alpha value is -4.29. The third kappa shape index (κ3) is 7.96. The number of fused-ring (bicyclic) bond motifs is 1. The summed E-state index contributed by atoms with van der Waals surface area (Å²) in [5, 5.41) is 12.7. The van der Waals surface area contributed by atoms with Gasteiger partial charge in [0.1, 0.15) is 17.6 Å². The molecule has 0 aromatic heterocycles. The van der Waals surface area contributed by atoms with E-state index in [1.165, 1.54) is 24.1 Å². The van der Waals surface area contributed by atoms with Crippen molar-refractivity contribution in [1.82, 2.24) is 9.80 Å². The van der Waals surface area contributed by atoms with Crippen LogP contribution in [0, 0.1) is 5.92 Å². The molecule has 3 aromatic carbocycles. The third-order valence-corrected chi connectivity index (χ3v) is 8.76. The fourth-order valence-electron chi connectivity index (χ4n) is 4.77. The average Bonchev–Trinajstić information content (AvgIpc) is 3.04. The van der Waals surface area contributed by atoms with Gasteiger partial charge in [0.2, 0.25) is 5.91 Å². The molecule has 0 bridgehead atoms. The van der Waals surface area contributed by atoms with Crippen molar-refractivity contribution < 1.29 is 32.6 Å². The zero-order valence-electron chi connectivity index (χ0n) is 24.7. The molecule has 0 spiro atoms. The molecule has 230 valence electrons. The highest BCUT2D eigenvalue weighted by molar-refractivity contribution is 7.92. The largest absolute Gasteiger partial charge is 0.497 e. The lowest BCUT2D eigenvalue weighted by Crippen LogP contribution is -2.48. The van der Waals surface area contributed by atoms with Crippen molar-refractivity contribution in [1.29, 1.82) is 0 Å². The number of nitrogens with one attached hydrogen (secondary N) is 2. The minimum absolute atomic E-state index is 0.0535. The fraction of sp³-hybridized carbons (Fsp3) is 0.355. The number of hydrogen-bond acceptors (Lipinski definition) is 7. The number of amides is 3. The second-order valence-electron chi connectivity index (χ2n) is 10.7. The SMILES string of the molecule is COc1ccc(S(=O)(=O)Nc2ccc3c(c2)CC(=O)N([C@H](C)CO)C[C@H](C)[C@H](CN(C)C(=O)Nc2ccccc2)O3)cc1. The Morgan fingerprint density at radius 1 is 1.12 bits per heavy atom.